The summed E-state index contributed by atoms with van der Waals surface area (Å²) < 4.78 is 7.06. The first-order valence-corrected chi connectivity index (χ1v) is 5.98. The van der Waals surface area contributed by atoms with E-state index in [1.54, 1.807) is 10.7 Å². The summed E-state index contributed by atoms with van der Waals surface area (Å²) in [4.78, 5) is 12.9. The Hall–Kier alpha value is -2.08. The van der Waals surface area contributed by atoms with Crippen molar-refractivity contribution in [1.82, 2.24) is 14.7 Å². The van der Waals surface area contributed by atoms with Crippen LogP contribution in [0.15, 0.2) is 28.9 Å². The molecule has 2 aromatic rings. The Kier molecular flexibility index (Phi) is 3.71. The van der Waals surface area contributed by atoms with E-state index in [4.69, 9.17) is 9.52 Å². The Morgan fingerprint density at radius 1 is 1.58 bits per heavy atom. The van der Waals surface area contributed by atoms with Crippen LogP contribution in [0.3, 0.4) is 0 Å². The third-order valence-corrected chi connectivity index (χ3v) is 3.10. The van der Waals surface area contributed by atoms with Gasteiger partial charge < -0.3 is 9.52 Å². The van der Waals surface area contributed by atoms with Crippen LogP contribution >= 0.6 is 0 Å². The summed E-state index contributed by atoms with van der Waals surface area (Å²) in [6.07, 6.45) is 3.77. The number of furan rings is 1. The molecule has 6 heteroatoms. The minimum atomic E-state index is -1.05. The second-order valence-corrected chi connectivity index (χ2v) is 4.62. The molecule has 2 aromatic heterocycles. The average molecular weight is 263 g/mol. The highest BCUT2D eigenvalue weighted by Crippen LogP contribution is 2.22. The van der Waals surface area contributed by atoms with Crippen molar-refractivity contribution in [3.05, 3.63) is 41.6 Å². The zero-order valence-electron chi connectivity index (χ0n) is 11.2. The number of carbonyl (C=O) groups is 1. The highest BCUT2D eigenvalue weighted by atomic mass is 16.4. The molecule has 1 atom stereocenters. The third kappa shape index (κ3) is 3.03. The van der Waals surface area contributed by atoms with Gasteiger partial charge in [0.2, 0.25) is 5.76 Å². The number of aromatic nitrogens is 2. The van der Waals surface area contributed by atoms with Crippen LogP contribution in [0.5, 0.6) is 0 Å². The largest absolute Gasteiger partial charge is 0.475 e. The summed E-state index contributed by atoms with van der Waals surface area (Å²) in [5.41, 5.74) is 1.10. The minimum absolute atomic E-state index is 0.00620. The summed E-state index contributed by atoms with van der Waals surface area (Å²) in [5.74, 6) is -0.436. The lowest BCUT2D eigenvalue weighted by molar-refractivity contribution is 0.0656. The first kappa shape index (κ1) is 13.4. The highest BCUT2D eigenvalue weighted by molar-refractivity contribution is 5.84. The van der Waals surface area contributed by atoms with E-state index in [9.17, 15) is 4.79 Å². The first-order chi connectivity index (χ1) is 8.97. The van der Waals surface area contributed by atoms with Gasteiger partial charge in [-0.25, -0.2) is 4.79 Å². The zero-order valence-corrected chi connectivity index (χ0v) is 11.2. The maximum atomic E-state index is 10.8. The van der Waals surface area contributed by atoms with Gasteiger partial charge in [0, 0.05) is 25.4 Å². The van der Waals surface area contributed by atoms with E-state index in [0.717, 1.165) is 12.1 Å². The number of aromatic carboxylic acids is 1. The fourth-order valence-corrected chi connectivity index (χ4v) is 1.89. The van der Waals surface area contributed by atoms with Gasteiger partial charge in [0.25, 0.3) is 0 Å². The fourth-order valence-electron chi connectivity index (χ4n) is 1.89. The predicted octanol–water partition coefficient (Wildman–Crippen LogP) is 1.90. The molecule has 1 unspecified atom stereocenters. The number of hydrogen-bond acceptors (Lipinski definition) is 4. The molecule has 19 heavy (non-hydrogen) atoms. The molecule has 0 aliphatic carbocycles. The standard InChI is InChI=1S/C13H17N3O3/c1-9(11-4-5-12(19-11)13(17)18)15(2)7-10-6-14-16(3)8-10/h4-6,8-9H,7H2,1-3H3,(H,17,18). The van der Waals surface area contributed by atoms with Gasteiger partial charge in [0.15, 0.2) is 0 Å². The number of rotatable bonds is 5. The Morgan fingerprint density at radius 2 is 2.32 bits per heavy atom. The topological polar surface area (TPSA) is 71.5 Å². The molecule has 0 aromatic carbocycles. The molecular formula is C13H17N3O3. The van der Waals surface area contributed by atoms with Crippen LogP contribution in [0.2, 0.25) is 0 Å². The van der Waals surface area contributed by atoms with E-state index in [-0.39, 0.29) is 11.8 Å². The monoisotopic (exact) mass is 263 g/mol. The zero-order chi connectivity index (χ0) is 14.0. The van der Waals surface area contributed by atoms with E-state index in [1.807, 2.05) is 33.4 Å². The summed E-state index contributed by atoms with van der Waals surface area (Å²) in [7, 11) is 3.83. The van der Waals surface area contributed by atoms with Gasteiger partial charge >= 0.3 is 5.97 Å². The molecule has 0 aliphatic rings. The second-order valence-electron chi connectivity index (χ2n) is 4.62. The van der Waals surface area contributed by atoms with E-state index >= 15 is 0 Å². The van der Waals surface area contributed by atoms with Gasteiger partial charge in [0.05, 0.1) is 12.2 Å². The Morgan fingerprint density at radius 3 is 2.84 bits per heavy atom. The van der Waals surface area contributed by atoms with Crippen molar-refractivity contribution in [2.45, 2.75) is 19.5 Å². The molecule has 0 radical (unpaired) electrons. The number of carboxylic acids is 1. The van der Waals surface area contributed by atoms with E-state index < -0.39 is 5.97 Å². The molecule has 0 bridgehead atoms. The van der Waals surface area contributed by atoms with Crippen molar-refractivity contribution >= 4 is 5.97 Å². The normalized spacial score (nSPS) is 12.8. The van der Waals surface area contributed by atoms with Crippen molar-refractivity contribution in [3.8, 4) is 0 Å². The van der Waals surface area contributed by atoms with Crippen LogP contribution in [0.1, 0.15) is 34.8 Å². The lowest BCUT2D eigenvalue weighted by Gasteiger charge is -2.22. The minimum Gasteiger partial charge on any atom is -0.475 e. The van der Waals surface area contributed by atoms with E-state index in [1.165, 1.54) is 6.07 Å². The Bertz CT molecular complexity index is 573. The number of carboxylic acid groups (broad SMARTS) is 1. The molecule has 0 saturated carbocycles. The molecule has 1 N–H and O–H groups in total. The molecule has 0 spiro atoms. The number of nitrogens with zero attached hydrogens (tertiary/aromatic N) is 3. The summed E-state index contributed by atoms with van der Waals surface area (Å²) >= 11 is 0. The van der Waals surface area contributed by atoms with Gasteiger partial charge in [-0.15, -0.1) is 0 Å². The molecule has 2 heterocycles. The van der Waals surface area contributed by atoms with Crippen LogP contribution in [-0.2, 0) is 13.6 Å². The van der Waals surface area contributed by atoms with E-state index in [0.29, 0.717) is 5.76 Å². The van der Waals surface area contributed by atoms with Gasteiger partial charge in [-0.05, 0) is 26.1 Å². The quantitative estimate of drug-likeness (QED) is 0.892. The third-order valence-electron chi connectivity index (χ3n) is 3.10. The van der Waals surface area contributed by atoms with Gasteiger partial charge in [0.1, 0.15) is 5.76 Å². The van der Waals surface area contributed by atoms with Crippen molar-refractivity contribution in [2.24, 2.45) is 7.05 Å². The van der Waals surface area contributed by atoms with Crippen molar-refractivity contribution in [2.75, 3.05) is 7.05 Å². The molecule has 0 fully saturated rings. The number of hydrogen-bond donors (Lipinski definition) is 1. The fraction of sp³-hybridized carbons (Fsp3) is 0.385. The molecule has 6 nitrogen and oxygen atoms in total. The average Bonchev–Trinajstić information content (AvgIpc) is 2.97. The highest BCUT2D eigenvalue weighted by Gasteiger charge is 2.18. The molecule has 102 valence electrons. The second kappa shape index (κ2) is 5.27. The molecule has 0 saturated heterocycles. The Balaban J connectivity index is 2.05. The Labute approximate surface area is 111 Å². The first-order valence-electron chi connectivity index (χ1n) is 5.98. The van der Waals surface area contributed by atoms with Crippen molar-refractivity contribution < 1.29 is 14.3 Å². The van der Waals surface area contributed by atoms with Crippen LogP contribution in [0, 0.1) is 0 Å². The summed E-state index contributed by atoms with van der Waals surface area (Å²) in [5, 5.41) is 13.0. The molecule has 2 rings (SSSR count). The maximum absolute atomic E-state index is 10.8. The van der Waals surface area contributed by atoms with Gasteiger partial charge in [-0.1, -0.05) is 0 Å². The molecule has 0 aliphatic heterocycles. The van der Waals surface area contributed by atoms with Crippen LogP contribution < -0.4 is 0 Å². The molecule has 0 amide bonds. The predicted molar refractivity (Wildman–Crippen MR) is 68.8 cm³/mol. The summed E-state index contributed by atoms with van der Waals surface area (Å²) in [6.45, 7) is 2.69. The van der Waals surface area contributed by atoms with Gasteiger partial charge in [-0.3, -0.25) is 9.58 Å². The smallest absolute Gasteiger partial charge is 0.371 e. The maximum Gasteiger partial charge on any atom is 0.371 e. The van der Waals surface area contributed by atoms with Crippen LogP contribution in [0.25, 0.3) is 0 Å². The SMILES string of the molecule is CC(c1ccc(C(=O)O)o1)N(C)Cc1cnn(C)c1. The van der Waals surface area contributed by atoms with Crippen LogP contribution in [0.4, 0.5) is 0 Å². The summed E-state index contributed by atoms with van der Waals surface area (Å²) in [6, 6.07) is 3.17. The van der Waals surface area contributed by atoms with E-state index in [2.05, 4.69) is 10.00 Å². The van der Waals surface area contributed by atoms with Crippen LogP contribution in [-0.4, -0.2) is 32.8 Å². The van der Waals surface area contributed by atoms with Gasteiger partial charge in [-0.2, -0.15) is 5.10 Å². The number of aryl methyl sites for hydroxylation is 1. The van der Waals surface area contributed by atoms with Crippen molar-refractivity contribution in [1.29, 1.82) is 0 Å². The molecular weight excluding hydrogens is 246 g/mol. The lowest BCUT2D eigenvalue weighted by Crippen LogP contribution is -2.21. The lowest BCUT2D eigenvalue weighted by atomic mass is 10.2. The van der Waals surface area contributed by atoms with Crippen molar-refractivity contribution in [3.63, 3.8) is 0 Å².